The maximum absolute atomic E-state index is 13.4. The Balaban J connectivity index is 1.34. The number of alkyl halides is 3. The van der Waals surface area contributed by atoms with Gasteiger partial charge in [-0.25, -0.2) is 0 Å². The van der Waals surface area contributed by atoms with Crippen molar-refractivity contribution in [2.45, 2.75) is 90.0 Å². The van der Waals surface area contributed by atoms with Gasteiger partial charge in [0.25, 0.3) is 0 Å². The average Bonchev–Trinajstić information content (AvgIpc) is 3.38. The fourth-order valence-electron chi connectivity index (χ4n) is 9.18. The van der Waals surface area contributed by atoms with Crippen molar-refractivity contribution >= 4 is 5.78 Å². The molecule has 0 aliphatic heterocycles. The van der Waals surface area contributed by atoms with Gasteiger partial charge in [-0.1, -0.05) is 6.92 Å². The van der Waals surface area contributed by atoms with Crippen LogP contribution in [0.2, 0.25) is 0 Å². The lowest BCUT2D eigenvalue weighted by molar-refractivity contribution is -0.175. The minimum absolute atomic E-state index is 0.0132. The number of aliphatic hydroxyl groups is 1. The van der Waals surface area contributed by atoms with Gasteiger partial charge >= 0.3 is 6.18 Å². The summed E-state index contributed by atoms with van der Waals surface area (Å²) in [5.74, 6) is 1.90. The first-order valence-corrected chi connectivity index (χ1v) is 13.2. The fraction of sp³-hybridized carbons (Fsp3) is 0.852. The summed E-state index contributed by atoms with van der Waals surface area (Å²) in [5.41, 5.74) is -1.42. The molecule has 4 aliphatic rings. The third kappa shape index (κ3) is 4.16. The van der Waals surface area contributed by atoms with Crippen molar-refractivity contribution in [3.63, 3.8) is 0 Å². The molecule has 1 aromatic rings. The SMILES string of the molecule is COC[C@]12CC[C@@](C)(O)C[C@H]1CC[C@H]1[C@@H]3CC[C@H](C(=O)Cn4cc(C(F)(F)F)cn4)[C@@]3(C)CC[C@@H]12. The third-order valence-electron chi connectivity index (χ3n) is 10.7. The number of halogens is 3. The predicted octanol–water partition coefficient (Wildman–Crippen LogP) is 5.51. The van der Waals surface area contributed by atoms with E-state index in [0.29, 0.717) is 23.7 Å². The zero-order chi connectivity index (χ0) is 25.2. The first-order chi connectivity index (χ1) is 16.4. The van der Waals surface area contributed by atoms with Gasteiger partial charge in [-0.2, -0.15) is 18.3 Å². The molecule has 4 aliphatic carbocycles. The van der Waals surface area contributed by atoms with Crippen LogP contribution in [-0.4, -0.2) is 40.0 Å². The van der Waals surface area contributed by atoms with Crippen molar-refractivity contribution < 1.29 is 27.8 Å². The Kier molecular flexibility index (Phi) is 6.18. The van der Waals surface area contributed by atoms with Gasteiger partial charge in [0.2, 0.25) is 0 Å². The molecule has 5 nitrogen and oxygen atoms in total. The van der Waals surface area contributed by atoms with E-state index in [1.165, 1.54) is 0 Å². The molecule has 4 saturated carbocycles. The molecule has 8 atom stereocenters. The van der Waals surface area contributed by atoms with Crippen LogP contribution in [0.1, 0.15) is 77.2 Å². The molecule has 0 amide bonds. The highest BCUT2D eigenvalue weighted by atomic mass is 19.4. The highest BCUT2D eigenvalue weighted by molar-refractivity contribution is 5.82. The summed E-state index contributed by atoms with van der Waals surface area (Å²) in [4.78, 5) is 13.4. The van der Waals surface area contributed by atoms with Crippen LogP contribution < -0.4 is 0 Å². The Labute approximate surface area is 205 Å². The maximum atomic E-state index is 13.4. The van der Waals surface area contributed by atoms with Gasteiger partial charge in [-0.15, -0.1) is 0 Å². The summed E-state index contributed by atoms with van der Waals surface area (Å²) in [7, 11) is 1.79. The number of methoxy groups -OCH3 is 1. The number of carbonyl (C=O) groups excluding carboxylic acids is 1. The van der Waals surface area contributed by atoms with Gasteiger partial charge in [0.15, 0.2) is 5.78 Å². The molecule has 8 heteroatoms. The van der Waals surface area contributed by atoms with E-state index in [-0.39, 0.29) is 29.1 Å². The molecule has 0 bridgehead atoms. The number of hydrogen-bond acceptors (Lipinski definition) is 4. The van der Waals surface area contributed by atoms with Crippen LogP contribution in [0.25, 0.3) is 0 Å². The van der Waals surface area contributed by atoms with E-state index in [9.17, 15) is 23.1 Å². The number of ether oxygens (including phenoxy) is 1. The summed E-state index contributed by atoms with van der Waals surface area (Å²) >= 11 is 0. The highest BCUT2D eigenvalue weighted by Gasteiger charge is 2.63. The molecule has 0 saturated heterocycles. The molecule has 1 N–H and O–H groups in total. The Morgan fingerprint density at radius 1 is 1.14 bits per heavy atom. The van der Waals surface area contributed by atoms with E-state index < -0.39 is 17.3 Å². The second kappa shape index (κ2) is 8.57. The molecule has 1 aromatic heterocycles. The molecular formula is C27H39F3N2O3. The van der Waals surface area contributed by atoms with Gasteiger partial charge in [0.1, 0.15) is 0 Å². The van der Waals surface area contributed by atoms with Crippen molar-refractivity contribution in [2.75, 3.05) is 13.7 Å². The number of hydrogen-bond donors (Lipinski definition) is 1. The number of Topliss-reactive ketones (excluding diaryl/α,β-unsaturated/α-hetero) is 1. The van der Waals surface area contributed by atoms with E-state index in [0.717, 1.165) is 81.5 Å². The summed E-state index contributed by atoms with van der Waals surface area (Å²) in [5, 5.41) is 14.6. The zero-order valence-electron chi connectivity index (χ0n) is 21.1. The lowest BCUT2D eigenvalue weighted by Gasteiger charge is -2.62. The van der Waals surface area contributed by atoms with E-state index in [1.807, 2.05) is 6.92 Å². The van der Waals surface area contributed by atoms with Crippen molar-refractivity contribution in [3.8, 4) is 0 Å². The lowest BCUT2D eigenvalue weighted by Crippen LogP contribution is -2.58. The first-order valence-electron chi connectivity index (χ1n) is 13.2. The second-order valence-electron chi connectivity index (χ2n) is 12.6. The largest absolute Gasteiger partial charge is 0.419 e. The third-order valence-corrected chi connectivity index (χ3v) is 10.7. The topological polar surface area (TPSA) is 64.3 Å². The van der Waals surface area contributed by atoms with Crippen molar-refractivity contribution in [2.24, 2.45) is 40.4 Å². The number of aromatic nitrogens is 2. The van der Waals surface area contributed by atoms with E-state index >= 15 is 0 Å². The molecule has 0 spiro atoms. The van der Waals surface area contributed by atoms with E-state index in [1.54, 1.807) is 7.11 Å². The summed E-state index contributed by atoms with van der Waals surface area (Å²) < 4.78 is 45.9. The maximum Gasteiger partial charge on any atom is 0.419 e. The van der Waals surface area contributed by atoms with Crippen molar-refractivity contribution in [3.05, 3.63) is 18.0 Å². The van der Waals surface area contributed by atoms with Crippen LogP contribution in [-0.2, 0) is 22.3 Å². The number of carbonyl (C=O) groups is 1. The Morgan fingerprint density at radius 3 is 2.60 bits per heavy atom. The summed E-state index contributed by atoms with van der Waals surface area (Å²) in [6.45, 7) is 4.87. The molecule has 35 heavy (non-hydrogen) atoms. The summed E-state index contributed by atoms with van der Waals surface area (Å²) in [6.07, 6.45) is 6.00. The molecule has 0 radical (unpaired) electrons. The number of rotatable bonds is 5. The number of ketones is 1. The quantitative estimate of drug-likeness (QED) is 0.584. The van der Waals surface area contributed by atoms with E-state index in [2.05, 4.69) is 12.0 Å². The Morgan fingerprint density at radius 2 is 1.91 bits per heavy atom. The van der Waals surface area contributed by atoms with Crippen LogP contribution in [0, 0.1) is 40.4 Å². The minimum Gasteiger partial charge on any atom is -0.390 e. The lowest BCUT2D eigenvalue weighted by atomic mass is 9.43. The molecule has 5 rings (SSSR count). The molecular weight excluding hydrogens is 457 g/mol. The molecule has 1 heterocycles. The monoisotopic (exact) mass is 496 g/mol. The predicted molar refractivity (Wildman–Crippen MR) is 124 cm³/mol. The zero-order valence-corrected chi connectivity index (χ0v) is 21.1. The normalized spacial score (nSPS) is 43.3. The first kappa shape index (κ1) is 25.2. The van der Waals surface area contributed by atoms with Crippen LogP contribution in [0.4, 0.5) is 13.2 Å². The average molecular weight is 497 g/mol. The standard InChI is InChI=1S/C27H39F3N2O3/c1-24(34)10-11-26(16-35-3)17(12-24)4-5-19-20-6-7-22(25(20,2)9-8-21(19)26)23(33)15-32-14-18(13-31-32)27(28,29)30/h13-14,17,19-22,34H,4-12,15-16H2,1-3H3/t17-,19+,20+,21+,22-,24-,25+,26-/m1/s1. The van der Waals surface area contributed by atoms with Crippen molar-refractivity contribution in [1.29, 1.82) is 0 Å². The van der Waals surface area contributed by atoms with Crippen LogP contribution >= 0.6 is 0 Å². The number of nitrogens with zero attached hydrogens (tertiary/aromatic N) is 2. The molecule has 4 fully saturated rings. The molecule has 0 unspecified atom stereocenters. The Hall–Kier alpha value is -1.41. The fourth-order valence-corrected chi connectivity index (χ4v) is 9.18. The molecule has 196 valence electrons. The van der Waals surface area contributed by atoms with Gasteiger partial charge in [0.05, 0.1) is 30.5 Å². The van der Waals surface area contributed by atoms with E-state index in [4.69, 9.17) is 4.74 Å². The van der Waals surface area contributed by atoms with Gasteiger partial charge in [-0.3, -0.25) is 9.48 Å². The number of fused-ring (bicyclic) bond motifs is 5. The minimum atomic E-state index is -4.45. The van der Waals surface area contributed by atoms with Crippen LogP contribution in [0.5, 0.6) is 0 Å². The second-order valence-corrected chi connectivity index (χ2v) is 12.6. The van der Waals surface area contributed by atoms with Gasteiger partial charge in [0, 0.05) is 19.2 Å². The summed E-state index contributed by atoms with van der Waals surface area (Å²) in [6, 6.07) is 0. The van der Waals surface area contributed by atoms with Gasteiger partial charge in [-0.05, 0) is 99.2 Å². The highest BCUT2D eigenvalue weighted by Crippen LogP contribution is 2.68. The smallest absolute Gasteiger partial charge is 0.390 e. The van der Waals surface area contributed by atoms with Crippen LogP contribution in [0.3, 0.4) is 0 Å². The van der Waals surface area contributed by atoms with Crippen molar-refractivity contribution in [1.82, 2.24) is 9.78 Å². The molecule has 0 aromatic carbocycles. The Bertz CT molecular complexity index is 960. The van der Waals surface area contributed by atoms with Crippen LogP contribution in [0.15, 0.2) is 12.4 Å². The van der Waals surface area contributed by atoms with Gasteiger partial charge < -0.3 is 9.84 Å².